The molecule has 7 heteroatoms. The summed E-state index contributed by atoms with van der Waals surface area (Å²) in [6.45, 7) is 4.40. The van der Waals surface area contributed by atoms with Gasteiger partial charge in [0.1, 0.15) is 5.52 Å². The molecule has 0 unspecified atom stereocenters. The predicted molar refractivity (Wildman–Crippen MR) is 68.4 cm³/mol. The number of ether oxygens (including phenoxy) is 1. The zero-order valence-electron chi connectivity index (χ0n) is 10.5. The average Bonchev–Trinajstić information content (AvgIpc) is 2.81. The fourth-order valence-electron chi connectivity index (χ4n) is 2.14. The number of hydrogen-bond donors (Lipinski definition) is 0. The number of aryl methyl sites for hydroxylation is 1. The number of oxazole rings is 1. The summed E-state index contributed by atoms with van der Waals surface area (Å²) in [5.41, 5.74) is 1.72. The van der Waals surface area contributed by atoms with Gasteiger partial charge in [-0.3, -0.25) is 10.1 Å². The molecule has 0 radical (unpaired) electrons. The predicted octanol–water partition coefficient (Wildman–Crippen LogP) is 1.88. The maximum absolute atomic E-state index is 10.9. The summed E-state index contributed by atoms with van der Waals surface area (Å²) < 4.78 is 10.9. The molecule has 0 bridgehead atoms. The summed E-state index contributed by atoms with van der Waals surface area (Å²) in [5, 5.41) is 10.9. The molecule has 0 N–H and O–H groups in total. The number of nitro benzene ring substituents is 1. The van der Waals surface area contributed by atoms with Crippen molar-refractivity contribution < 1.29 is 14.1 Å². The molecule has 100 valence electrons. The Hall–Kier alpha value is -2.15. The van der Waals surface area contributed by atoms with Gasteiger partial charge in [-0.15, -0.1) is 0 Å². The Morgan fingerprint density at radius 2 is 2.11 bits per heavy atom. The Morgan fingerprint density at radius 1 is 1.37 bits per heavy atom. The Bertz CT molecular complexity index is 631. The van der Waals surface area contributed by atoms with Gasteiger partial charge in [-0.25, -0.2) is 0 Å². The highest BCUT2D eigenvalue weighted by atomic mass is 16.6. The summed E-state index contributed by atoms with van der Waals surface area (Å²) in [5.74, 6) is 0. The Morgan fingerprint density at radius 3 is 2.79 bits per heavy atom. The smallest absolute Gasteiger partial charge is 0.298 e. The maximum atomic E-state index is 10.9. The minimum Gasteiger partial charge on any atom is -0.423 e. The van der Waals surface area contributed by atoms with E-state index in [0.29, 0.717) is 49.0 Å². The first-order valence-electron chi connectivity index (χ1n) is 6.03. The third-order valence-corrected chi connectivity index (χ3v) is 3.17. The first kappa shape index (κ1) is 11.9. The lowest BCUT2D eigenvalue weighted by atomic mass is 10.2. The number of anilines is 1. The SMILES string of the molecule is Cc1cc2nc(N3CCOCC3)oc2cc1[N+](=O)[O-]. The Labute approximate surface area is 108 Å². The van der Waals surface area contributed by atoms with Gasteiger partial charge in [-0.05, 0) is 13.0 Å². The number of morpholine rings is 1. The minimum absolute atomic E-state index is 0.0529. The van der Waals surface area contributed by atoms with E-state index in [1.54, 1.807) is 13.0 Å². The largest absolute Gasteiger partial charge is 0.423 e. The molecule has 0 aliphatic carbocycles. The van der Waals surface area contributed by atoms with Crippen LogP contribution in [0.15, 0.2) is 16.5 Å². The Kier molecular flexibility index (Phi) is 2.83. The molecule has 0 saturated carbocycles. The van der Waals surface area contributed by atoms with Crippen molar-refractivity contribution in [1.82, 2.24) is 4.98 Å². The van der Waals surface area contributed by atoms with Crippen molar-refractivity contribution in [3.63, 3.8) is 0 Å². The van der Waals surface area contributed by atoms with Gasteiger partial charge in [-0.1, -0.05) is 0 Å². The lowest BCUT2D eigenvalue weighted by molar-refractivity contribution is -0.385. The molecule has 0 atom stereocenters. The van der Waals surface area contributed by atoms with Gasteiger partial charge in [-0.2, -0.15) is 4.98 Å². The molecule has 1 saturated heterocycles. The van der Waals surface area contributed by atoms with Gasteiger partial charge in [0.2, 0.25) is 0 Å². The highest BCUT2D eigenvalue weighted by Crippen LogP contribution is 2.28. The fraction of sp³-hybridized carbons (Fsp3) is 0.417. The van der Waals surface area contributed by atoms with E-state index >= 15 is 0 Å². The molecular weight excluding hydrogens is 250 g/mol. The van der Waals surface area contributed by atoms with Crippen molar-refractivity contribution in [3.05, 3.63) is 27.8 Å². The second-order valence-corrected chi connectivity index (χ2v) is 4.46. The van der Waals surface area contributed by atoms with Crippen molar-refractivity contribution in [2.45, 2.75) is 6.92 Å². The van der Waals surface area contributed by atoms with Crippen LogP contribution in [0.4, 0.5) is 11.7 Å². The van der Waals surface area contributed by atoms with Crippen LogP contribution >= 0.6 is 0 Å². The topological polar surface area (TPSA) is 81.6 Å². The number of rotatable bonds is 2. The Balaban J connectivity index is 2.02. The van der Waals surface area contributed by atoms with E-state index in [4.69, 9.17) is 9.15 Å². The zero-order valence-corrected chi connectivity index (χ0v) is 10.5. The summed E-state index contributed by atoms with van der Waals surface area (Å²) in [6.07, 6.45) is 0. The zero-order chi connectivity index (χ0) is 13.4. The van der Waals surface area contributed by atoms with E-state index in [2.05, 4.69) is 4.98 Å². The number of aromatic nitrogens is 1. The van der Waals surface area contributed by atoms with Crippen LogP contribution < -0.4 is 4.90 Å². The molecule has 2 aromatic rings. The second-order valence-electron chi connectivity index (χ2n) is 4.46. The summed E-state index contributed by atoms with van der Waals surface area (Å²) >= 11 is 0. The summed E-state index contributed by atoms with van der Waals surface area (Å²) in [7, 11) is 0. The molecule has 19 heavy (non-hydrogen) atoms. The number of nitrogens with zero attached hydrogens (tertiary/aromatic N) is 3. The van der Waals surface area contributed by atoms with Crippen LogP contribution in [0, 0.1) is 17.0 Å². The van der Waals surface area contributed by atoms with Crippen LogP contribution in [0.5, 0.6) is 0 Å². The maximum Gasteiger partial charge on any atom is 0.298 e. The van der Waals surface area contributed by atoms with Gasteiger partial charge in [0.15, 0.2) is 5.58 Å². The molecule has 0 spiro atoms. The van der Waals surface area contributed by atoms with E-state index in [9.17, 15) is 10.1 Å². The normalized spacial score (nSPS) is 15.9. The van der Waals surface area contributed by atoms with Crippen LogP contribution in [-0.4, -0.2) is 36.2 Å². The van der Waals surface area contributed by atoms with Gasteiger partial charge < -0.3 is 14.1 Å². The molecule has 1 aliphatic heterocycles. The molecular formula is C12H13N3O4. The molecule has 1 aromatic carbocycles. The molecule has 3 rings (SSSR count). The van der Waals surface area contributed by atoms with E-state index in [1.807, 2.05) is 4.90 Å². The first-order chi connectivity index (χ1) is 9.15. The van der Waals surface area contributed by atoms with Crippen molar-refractivity contribution in [3.8, 4) is 0 Å². The molecule has 7 nitrogen and oxygen atoms in total. The van der Waals surface area contributed by atoms with E-state index < -0.39 is 4.92 Å². The van der Waals surface area contributed by atoms with E-state index in [1.165, 1.54) is 6.07 Å². The van der Waals surface area contributed by atoms with Crippen LogP contribution in [0.1, 0.15) is 5.56 Å². The molecule has 1 fully saturated rings. The third kappa shape index (κ3) is 2.12. The lowest BCUT2D eigenvalue weighted by Gasteiger charge is -2.24. The molecule has 1 aromatic heterocycles. The summed E-state index contributed by atoms with van der Waals surface area (Å²) in [4.78, 5) is 16.8. The average molecular weight is 263 g/mol. The van der Waals surface area contributed by atoms with Crippen LogP contribution in [0.25, 0.3) is 11.1 Å². The van der Waals surface area contributed by atoms with Crippen LogP contribution in [-0.2, 0) is 4.74 Å². The van der Waals surface area contributed by atoms with Crippen molar-refractivity contribution in [1.29, 1.82) is 0 Å². The van der Waals surface area contributed by atoms with Crippen molar-refractivity contribution in [2.75, 3.05) is 31.2 Å². The van der Waals surface area contributed by atoms with Crippen molar-refractivity contribution in [2.24, 2.45) is 0 Å². The van der Waals surface area contributed by atoms with Gasteiger partial charge in [0, 0.05) is 18.7 Å². The quantitative estimate of drug-likeness (QED) is 0.607. The van der Waals surface area contributed by atoms with Gasteiger partial charge >= 0.3 is 0 Å². The summed E-state index contributed by atoms with van der Waals surface area (Å²) in [6, 6.07) is 3.61. The fourth-order valence-corrected chi connectivity index (χ4v) is 2.14. The monoisotopic (exact) mass is 263 g/mol. The number of benzene rings is 1. The van der Waals surface area contributed by atoms with Gasteiger partial charge in [0.05, 0.1) is 24.2 Å². The minimum atomic E-state index is -0.411. The molecule has 0 amide bonds. The van der Waals surface area contributed by atoms with Crippen LogP contribution in [0.2, 0.25) is 0 Å². The van der Waals surface area contributed by atoms with Crippen molar-refractivity contribution >= 4 is 22.8 Å². The second kappa shape index (κ2) is 4.51. The number of nitro groups is 1. The number of hydrogen-bond acceptors (Lipinski definition) is 6. The van der Waals surface area contributed by atoms with Crippen LogP contribution in [0.3, 0.4) is 0 Å². The third-order valence-electron chi connectivity index (χ3n) is 3.17. The highest BCUT2D eigenvalue weighted by molar-refractivity contribution is 5.79. The first-order valence-corrected chi connectivity index (χ1v) is 6.03. The number of fused-ring (bicyclic) bond motifs is 1. The highest BCUT2D eigenvalue weighted by Gasteiger charge is 2.20. The standard InChI is InChI=1S/C12H13N3O4/c1-8-6-9-11(7-10(8)15(16)17)19-12(13-9)14-2-4-18-5-3-14/h6-7H,2-5H2,1H3. The van der Waals surface area contributed by atoms with E-state index in [0.717, 1.165) is 0 Å². The van der Waals surface area contributed by atoms with E-state index in [-0.39, 0.29) is 5.69 Å². The molecule has 1 aliphatic rings. The van der Waals surface area contributed by atoms with Gasteiger partial charge in [0.25, 0.3) is 11.7 Å². The lowest BCUT2D eigenvalue weighted by Crippen LogP contribution is -2.36. The molecule has 2 heterocycles.